The number of carbonyl (C=O) groups is 1. The van der Waals surface area contributed by atoms with Crippen molar-refractivity contribution in [1.29, 1.82) is 0 Å². The first-order valence-corrected chi connectivity index (χ1v) is 8.98. The number of hydrogen-bond donors (Lipinski definition) is 1. The second kappa shape index (κ2) is 8.12. The van der Waals surface area contributed by atoms with Crippen LogP contribution in [0, 0.1) is 0 Å². The molecule has 25 heavy (non-hydrogen) atoms. The molecular formula is C18H29N5O2. The van der Waals surface area contributed by atoms with Gasteiger partial charge in [0, 0.05) is 51.0 Å². The SMILES string of the molecule is CN(C)C1CCN(Cc2cn(C)nc2C(=O)NCC2=CCCOC2)C1. The molecule has 1 aromatic heterocycles. The highest BCUT2D eigenvalue weighted by Gasteiger charge is 2.26. The summed E-state index contributed by atoms with van der Waals surface area (Å²) < 4.78 is 7.14. The first kappa shape index (κ1) is 18.1. The van der Waals surface area contributed by atoms with Gasteiger partial charge in [-0.3, -0.25) is 14.4 Å². The standard InChI is InChI=1S/C18H29N5O2/c1-21(2)16-6-7-23(12-16)11-15-10-22(3)20-17(15)18(24)19-9-14-5-4-8-25-13-14/h5,10,16H,4,6-9,11-13H2,1-3H3,(H,19,24). The van der Waals surface area contributed by atoms with Crippen LogP contribution in [-0.4, -0.2) is 78.5 Å². The summed E-state index contributed by atoms with van der Waals surface area (Å²) in [5, 5.41) is 7.37. The summed E-state index contributed by atoms with van der Waals surface area (Å²) in [4.78, 5) is 17.3. The van der Waals surface area contributed by atoms with Crippen molar-refractivity contribution in [2.24, 2.45) is 7.05 Å². The Bertz CT molecular complexity index is 637. The Morgan fingerprint density at radius 1 is 1.48 bits per heavy atom. The second-order valence-electron chi connectivity index (χ2n) is 7.20. The van der Waals surface area contributed by atoms with E-state index in [0.29, 0.717) is 24.9 Å². The average Bonchev–Trinajstić information content (AvgIpc) is 3.21. The fourth-order valence-corrected chi connectivity index (χ4v) is 3.47. The largest absolute Gasteiger partial charge is 0.377 e. The summed E-state index contributed by atoms with van der Waals surface area (Å²) in [6.07, 6.45) is 6.20. The Kier molecular flexibility index (Phi) is 5.88. The van der Waals surface area contributed by atoms with E-state index in [1.807, 2.05) is 13.2 Å². The third-order valence-electron chi connectivity index (χ3n) is 4.95. The molecule has 1 aromatic rings. The Labute approximate surface area is 149 Å². The van der Waals surface area contributed by atoms with Crippen molar-refractivity contribution in [2.45, 2.75) is 25.4 Å². The number of hydrogen-bond acceptors (Lipinski definition) is 5. The topological polar surface area (TPSA) is 62.6 Å². The summed E-state index contributed by atoms with van der Waals surface area (Å²) in [6.45, 7) is 4.77. The maximum absolute atomic E-state index is 12.6. The number of likely N-dealkylation sites (tertiary alicyclic amines) is 1. The molecule has 1 saturated heterocycles. The number of amides is 1. The maximum atomic E-state index is 12.6. The summed E-state index contributed by atoms with van der Waals surface area (Å²) in [6, 6.07) is 0.590. The lowest BCUT2D eigenvalue weighted by Gasteiger charge is -2.20. The van der Waals surface area contributed by atoms with E-state index in [9.17, 15) is 4.79 Å². The first-order valence-electron chi connectivity index (χ1n) is 8.98. The summed E-state index contributed by atoms with van der Waals surface area (Å²) in [5.41, 5.74) is 2.66. The van der Waals surface area contributed by atoms with Crippen LogP contribution < -0.4 is 5.32 Å². The highest BCUT2D eigenvalue weighted by molar-refractivity contribution is 5.93. The number of likely N-dealkylation sites (N-methyl/N-ethyl adjacent to an activating group) is 1. The van der Waals surface area contributed by atoms with Gasteiger partial charge in [0.15, 0.2) is 5.69 Å². The van der Waals surface area contributed by atoms with Gasteiger partial charge in [-0.15, -0.1) is 0 Å². The Balaban J connectivity index is 1.60. The van der Waals surface area contributed by atoms with Gasteiger partial charge in [0.1, 0.15) is 0 Å². The minimum Gasteiger partial charge on any atom is -0.377 e. The zero-order chi connectivity index (χ0) is 17.8. The van der Waals surface area contributed by atoms with E-state index in [4.69, 9.17) is 4.74 Å². The smallest absolute Gasteiger partial charge is 0.272 e. The molecular weight excluding hydrogens is 318 g/mol. The van der Waals surface area contributed by atoms with Crippen LogP contribution in [0.3, 0.4) is 0 Å². The molecule has 0 aromatic carbocycles. The molecule has 1 amide bonds. The van der Waals surface area contributed by atoms with E-state index in [1.54, 1.807) is 4.68 Å². The highest BCUT2D eigenvalue weighted by atomic mass is 16.5. The van der Waals surface area contributed by atoms with Crippen LogP contribution in [0.2, 0.25) is 0 Å². The van der Waals surface area contributed by atoms with Gasteiger partial charge in [-0.05, 0) is 32.5 Å². The summed E-state index contributed by atoms with van der Waals surface area (Å²) >= 11 is 0. The Hall–Kier alpha value is -1.70. The van der Waals surface area contributed by atoms with Crippen LogP contribution >= 0.6 is 0 Å². The fourth-order valence-electron chi connectivity index (χ4n) is 3.47. The predicted octanol–water partition coefficient (Wildman–Crippen LogP) is 0.633. The normalized spacial score (nSPS) is 21.6. The van der Waals surface area contributed by atoms with Crippen molar-refractivity contribution in [3.63, 3.8) is 0 Å². The molecule has 0 saturated carbocycles. The maximum Gasteiger partial charge on any atom is 0.272 e. The van der Waals surface area contributed by atoms with E-state index in [1.165, 1.54) is 6.42 Å². The predicted molar refractivity (Wildman–Crippen MR) is 96.4 cm³/mol. The molecule has 1 N–H and O–H groups in total. The molecule has 3 heterocycles. The Morgan fingerprint density at radius 3 is 3.00 bits per heavy atom. The second-order valence-corrected chi connectivity index (χ2v) is 7.20. The number of nitrogens with zero attached hydrogens (tertiary/aromatic N) is 4. The number of ether oxygens (including phenoxy) is 1. The zero-order valence-corrected chi connectivity index (χ0v) is 15.5. The molecule has 138 valence electrons. The van der Waals surface area contributed by atoms with Crippen molar-refractivity contribution >= 4 is 5.91 Å². The van der Waals surface area contributed by atoms with Gasteiger partial charge in [-0.1, -0.05) is 6.08 Å². The third-order valence-corrected chi connectivity index (χ3v) is 4.95. The van der Waals surface area contributed by atoms with E-state index < -0.39 is 0 Å². The van der Waals surface area contributed by atoms with E-state index in [0.717, 1.165) is 43.8 Å². The van der Waals surface area contributed by atoms with Crippen LogP contribution in [0.25, 0.3) is 0 Å². The van der Waals surface area contributed by atoms with Crippen LogP contribution in [0.5, 0.6) is 0 Å². The molecule has 2 aliphatic rings. The molecule has 0 spiro atoms. The average molecular weight is 347 g/mol. The van der Waals surface area contributed by atoms with Crippen LogP contribution in [-0.2, 0) is 18.3 Å². The van der Waals surface area contributed by atoms with Gasteiger partial charge >= 0.3 is 0 Å². The van der Waals surface area contributed by atoms with Gasteiger partial charge in [0.05, 0.1) is 13.2 Å². The minimum absolute atomic E-state index is 0.106. The molecule has 3 rings (SSSR count). The monoisotopic (exact) mass is 347 g/mol. The molecule has 7 heteroatoms. The number of carbonyl (C=O) groups excluding carboxylic acids is 1. The van der Waals surface area contributed by atoms with Crippen molar-refractivity contribution in [2.75, 3.05) is 46.9 Å². The van der Waals surface area contributed by atoms with Crippen molar-refractivity contribution in [3.05, 3.63) is 29.1 Å². The van der Waals surface area contributed by atoms with E-state index in [-0.39, 0.29) is 5.91 Å². The highest BCUT2D eigenvalue weighted by Crippen LogP contribution is 2.18. The van der Waals surface area contributed by atoms with Gasteiger partial charge in [-0.2, -0.15) is 5.10 Å². The molecule has 1 unspecified atom stereocenters. The minimum atomic E-state index is -0.106. The van der Waals surface area contributed by atoms with Crippen LogP contribution in [0.1, 0.15) is 28.9 Å². The summed E-state index contributed by atoms with van der Waals surface area (Å²) in [7, 11) is 6.12. The van der Waals surface area contributed by atoms with Gasteiger partial charge in [-0.25, -0.2) is 0 Å². The first-order chi connectivity index (χ1) is 12.0. The van der Waals surface area contributed by atoms with Crippen LogP contribution in [0.15, 0.2) is 17.8 Å². The van der Waals surface area contributed by atoms with Crippen molar-refractivity contribution in [3.8, 4) is 0 Å². The number of aryl methyl sites for hydroxylation is 1. The van der Waals surface area contributed by atoms with Crippen LogP contribution in [0.4, 0.5) is 0 Å². The van der Waals surface area contributed by atoms with Crippen molar-refractivity contribution in [1.82, 2.24) is 24.9 Å². The Morgan fingerprint density at radius 2 is 2.32 bits per heavy atom. The lowest BCUT2D eigenvalue weighted by Crippen LogP contribution is -2.32. The van der Waals surface area contributed by atoms with E-state index >= 15 is 0 Å². The van der Waals surface area contributed by atoms with E-state index in [2.05, 4.69) is 40.4 Å². The summed E-state index contributed by atoms with van der Waals surface area (Å²) in [5.74, 6) is -0.106. The molecule has 7 nitrogen and oxygen atoms in total. The third kappa shape index (κ3) is 4.68. The molecule has 0 radical (unpaired) electrons. The number of nitrogens with one attached hydrogen (secondary N) is 1. The molecule has 0 bridgehead atoms. The lowest BCUT2D eigenvalue weighted by molar-refractivity contribution is 0.0944. The van der Waals surface area contributed by atoms with Gasteiger partial charge in [0.25, 0.3) is 5.91 Å². The van der Waals surface area contributed by atoms with Crippen molar-refractivity contribution < 1.29 is 9.53 Å². The zero-order valence-electron chi connectivity index (χ0n) is 15.5. The fraction of sp³-hybridized carbons (Fsp3) is 0.667. The lowest BCUT2D eigenvalue weighted by atomic mass is 10.2. The van der Waals surface area contributed by atoms with Gasteiger partial charge in [0.2, 0.25) is 0 Å². The molecule has 0 aliphatic carbocycles. The number of rotatable bonds is 6. The molecule has 1 atom stereocenters. The molecule has 2 aliphatic heterocycles. The number of aromatic nitrogens is 2. The van der Waals surface area contributed by atoms with Gasteiger partial charge < -0.3 is 15.0 Å². The molecule has 1 fully saturated rings. The quantitative estimate of drug-likeness (QED) is 0.765.